The van der Waals surface area contributed by atoms with E-state index in [1.165, 1.54) is 43.1 Å². The van der Waals surface area contributed by atoms with E-state index >= 15 is 0 Å². The Bertz CT molecular complexity index is 1840. The summed E-state index contributed by atoms with van der Waals surface area (Å²) in [6.07, 6.45) is 6.79. The zero-order valence-corrected chi connectivity index (χ0v) is 24.7. The molecule has 0 saturated carbocycles. The lowest BCUT2D eigenvalue weighted by Gasteiger charge is -2.23. The smallest absolute Gasteiger partial charge is 0.128 e. The summed E-state index contributed by atoms with van der Waals surface area (Å²) < 4.78 is 11.9. The molecule has 8 nitrogen and oxygen atoms in total. The Balaban J connectivity index is 1.01. The van der Waals surface area contributed by atoms with Gasteiger partial charge in [-0.1, -0.05) is 30.3 Å². The zero-order valence-electron chi connectivity index (χ0n) is 24.7. The van der Waals surface area contributed by atoms with Gasteiger partial charge in [0.1, 0.15) is 31.3 Å². The average molecular weight is 573 g/mol. The van der Waals surface area contributed by atoms with Crippen molar-refractivity contribution in [3.8, 4) is 28.1 Å². The summed E-state index contributed by atoms with van der Waals surface area (Å²) in [7, 11) is 3.18. The van der Waals surface area contributed by atoms with Crippen molar-refractivity contribution < 1.29 is 9.47 Å². The van der Waals surface area contributed by atoms with Gasteiger partial charge in [0, 0.05) is 24.6 Å². The number of ether oxygens (including phenoxy) is 2. The van der Waals surface area contributed by atoms with E-state index in [9.17, 15) is 0 Å². The second-order valence-electron chi connectivity index (χ2n) is 13.1. The molecule has 6 heterocycles. The van der Waals surface area contributed by atoms with Crippen LogP contribution in [0.1, 0.15) is 48.6 Å². The molecule has 3 aromatic carbocycles. The van der Waals surface area contributed by atoms with Crippen LogP contribution in [0.15, 0.2) is 48.7 Å². The van der Waals surface area contributed by atoms with Gasteiger partial charge in [0.25, 0.3) is 0 Å². The first-order chi connectivity index (χ1) is 21.2. The van der Waals surface area contributed by atoms with E-state index in [0.29, 0.717) is 24.6 Å². The van der Waals surface area contributed by atoms with E-state index in [-0.39, 0.29) is 0 Å². The van der Waals surface area contributed by atoms with Gasteiger partial charge in [0.2, 0.25) is 0 Å². The Morgan fingerprint density at radius 3 is 2.91 bits per heavy atom. The number of nitrogens with zero attached hydrogens (tertiary/aromatic N) is 3. The predicted molar refractivity (Wildman–Crippen MR) is 171 cm³/mol. The number of hydrogen-bond acceptors (Lipinski definition) is 6. The fraction of sp³-hybridized carbons (Fsp3) is 0.412. The summed E-state index contributed by atoms with van der Waals surface area (Å²) in [4.78, 5) is 19.8. The van der Waals surface area contributed by atoms with Crippen LogP contribution < -0.4 is 10.1 Å². The third-order valence-corrected chi connectivity index (χ3v) is 10.1. The highest BCUT2D eigenvalue weighted by Crippen LogP contribution is 2.43. The monoisotopic (exact) mass is 572 g/mol. The minimum atomic E-state index is 0.316. The number of methoxy groups -OCH3 is 1. The van der Waals surface area contributed by atoms with Gasteiger partial charge in [-0.25, -0.2) is 9.97 Å². The fourth-order valence-corrected chi connectivity index (χ4v) is 7.69. The second kappa shape index (κ2) is 10.2. The molecule has 3 saturated heterocycles. The Kier molecular flexibility index (Phi) is 6.13. The van der Waals surface area contributed by atoms with Crippen molar-refractivity contribution in [2.75, 3.05) is 33.4 Å². The standard InChI is InChI=1S/C34H37BN6O2/c1-42-17-19-9-30(41(15-19)16-23-13-35-23)34-37-14-29(39-34)21-4-6-24-22(10-21)18-43-31-12-25-20(11-26(24)31)5-7-27-32(25)40-33(38-27)28-3-2-8-36-28/h4-7,10-12,14,19,23,28,30,35-36H,2-3,8-9,13,15-18H2,1H3,(H,37,39)(H,38,40)/t19-,23?,28-,30-/m0/s1. The highest BCUT2D eigenvalue weighted by molar-refractivity contribution is 6.51. The highest BCUT2D eigenvalue weighted by atomic mass is 16.5. The van der Waals surface area contributed by atoms with Crippen molar-refractivity contribution in [2.24, 2.45) is 5.92 Å². The van der Waals surface area contributed by atoms with Crippen molar-refractivity contribution in [2.45, 2.75) is 50.1 Å². The molecule has 43 heavy (non-hydrogen) atoms. The molecule has 0 amide bonds. The van der Waals surface area contributed by atoms with Crippen LogP contribution >= 0.6 is 0 Å². The summed E-state index contributed by atoms with van der Waals surface area (Å²) in [5.41, 5.74) is 7.91. The molecular weight excluding hydrogens is 535 g/mol. The van der Waals surface area contributed by atoms with Crippen LogP contribution in [0.3, 0.4) is 0 Å². The predicted octanol–water partition coefficient (Wildman–Crippen LogP) is 5.76. The van der Waals surface area contributed by atoms with Gasteiger partial charge < -0.3 is 24.8 Å². The van der Waals surface area contributed by atoms with Crippen molar-refractivity contribution in [3.05, 3.63) is 65.9 Å². The molecule has 4 aliphatic rings. The number of benzene rings is 3. The molecule has 9 heteroatoms. The Morgan fingerprint density at radius 1 is 1.09 bits per heavy atom. The number of aromatic amines is 2. The van der Waals surface area contributed by atoms with Crippen LogP contribution in [0.25, 0.3) is 44.2 Å². The number of hydrogen-bond donors (Lipinski definition) is 3. The minimum Gasteiger partial charge on any atom is -0.488 e. The van der Waals surface area contributed by atoms with Crippen molar-refractivity contribution in [3.63, 3.8) is 0 Å². The lowest BCUT2D eigenvalue weighted by atomic mass is 9.92. The second-order valence-corrected chi connectivity index (χ2v) is 13.1. The summed E-state index contributed by atoms with van der Waals surface area (Å²) in [5, 5.41) is 5.91. The normalized spacial score (nSPS) is 24.7. The van der Waals surface area contributed by atoms with Gasteiger partial charge in [-0.15, -0.1) is 0 Å². The van der Waals surface area contributed by atoms with Crippen molar-refractivity contribution in [1.29, 1.82) is 0 Å². The quantitative estimate of drug-likeness (QED) is 0.215. The molecule has 4 aliphatic heterocycles. The number of nitrogens with one attached hydrogen (secondary N) is 3. The lowest BCUT2D eigenvalue weighted by Crippen LogP contribution is -2.26. The topological polar surface area (TPSA) is 91.1 Å². The number of H-pyrrole nitrogens is 2. The van der Waals surface area contributed by atoms with Crippen LogP contribution in [0.5, 0.6) is 5.75 Å². The maximum Gasteiger partial charge on any atom is 0.128 e. The molecule has 3 N–H and O–H groups in total. The van der Waals surface area contributed by atoms with Crippen LogP contribution in [-0.4, -0.2) is 65.5 Å². The third-order valence-electron chi connectivity index (χ3n) is 10.1. The molecule has 0 aliphatic carbocycles. The molecule has 0 bridgehead atoms. The van der Waals surface area contributed by atoms with Gasteiger partial charge in [-0.3, -0.25) is 4.90 Å². The average Bonchev–Trinajstić information content (AvgIpc) is 3.50. The first-order valence-corrected chi connectivity index (χ1v) is 15.9. The number of aromatic nitrogens is 4. The van der Waals surface area contributed by atoms with Crippen molar-refractivity contribution >= 4 is 29.1 Å². The highest BCUT2D eigenvalue weighted by Gasteiger charge is 2.38. The molecule has 4 atom stereocenters. The van der Waals surface area contributed by atoms with E-state index in [1.807, 2.05) is 13.3 Å². The van der Waals surface area contributed by atoms with Crippen molar-refractivity contribution in [1.82, 2.24) is 30.2 Å². The molecule has 0 radical (unpaired) electrons. The molecule has 5 aromatic rings. The van der Waals surface area contributed by atoms with Gasteiger partial charge >= 0.3 is 0 Å². The van der Waals surface area contributed by atoms with Gasteiger partial charge in [-0.05, 0) is 84.6 Å². The first kappa shape index (κ1) is 25.8. The van der Waals surface area contributed by atoms with E-state index in [4.69, 9.17) is 19.4 Å². The largest absolute Gasteiger partial charge is 0.488 e. The summed E-state index contributed by atoms with van der Waals surface area (Å²) in [6, 6.07) is 16.2. The molecular formula is C34H37BN6O2. The van der Waals surface area contributed by atoms with E-state index < -0.39 is 0 Å². The Hall–Kier alpha value is -3.66. The first-order valence-electron chi connectivity index (χ1n) is 15.9. The molecule has 1 unspecified atom stereocenters. The van der Waals surface area contributed by atoms with E-state index in [1.54, 1.807) is 0 Å². The lowest BCUT2D eigenvalue weighted by molar-refractivity contribution is 0.153. The summed E-state index contributed by atoms with van der Waals surface area (Å²) >= 11 is 0. The van der Waals surface area contributed by atoms with Gasteiger partial charge in [0.15, 0.2) is 0 Å². The van der Waals surface area contributed by atoms with Crippen LogP contribution in [0.4, 0.5) is 0 Å². The fourth-order valence-electron chi connectivity index (χ4n) is 7.69. The maximum atomic E-state index is 6.39. The molecule has 9 rings (SSSR count). The van der Waals surface area contributed by atoms with E-state index in [0.717, 1.165) is 89.0 Å². The SMILES string of the molecule is COC[C@H]1C[C@@H](c2ncc(-c3ccc4c(c3)COc3cc5c(ccc6nc([C@@H]7CCCN7)[nH]c65)cc3-4)[nH]2)N(CC2BC2)C1. The van der Waals surface area contributed by atoms with Crippen LogP contribution in [0.2, 0.25) is 12.1 Å². The number of rotatable bonds is 7. The number of imidazole rings is 2. The zero-order chi connectivity index (χ0) is 28.5. The molecule has 2 aromatic heterocycles. The van der Waals surface area contributed by atoms with Gasteiger partial charge in [-0.2, -0.15) is 0 Å². The van der Waals surface area contributed by atoms with Gasteiger partial charge in [0.05, 0.1) is 41.6 Å². The Labute approximate surface area is 251 Å². The minimum absolute atomic E-state index is 0.316. The van der Waals surface area contributed by atoms with Crippen LogP contribution in [0, 0.1) is 5.92 Å². The molecule has 0 spiro atoms. The summed E-state index contributed by atoms with van der Waals surface area (Å²) in [6.45, 7) is 4.70. The third kappa shape index (κ3) is 4.56. The number of fused-ring (bicyclic) bond motifs is 6. The molecule has 3 fully saturated rings. The summed E-state index contributed by atoms with van der Waals surface area (Å²) in [5.74, 6) is 4.47. The van der Waals surface area contributed by atoms with E-state index in [2.05, 4.69) is 62.6 Å². The Morgan fingerprint density at radius 2 is 2.05 bits per heavy atom. The maximum absolute atomic E-state index is 6.39. The van der Waals surface area contributed by atoms with Crippen LogP contribution in [-0.2, 0) is 11.3 Å². The molecule has 218 valence electrons. The number of likely N-dealkylation sites (tertiary alicyclic amines) is 1.